The largest absolute Gasteiger partial charge is 0.471 e. The van der Waals surface area contributed by atoms with Crippen LogP contribution in [0, 0.1) is 11.3 Å². The first-order valence-electron chi connectivity index (χ1n) is 7.66. The standard InChI is InChI=1S/C18H18N4O2/c1-21(2)15-5-3-4-14(9-15)18(23)22-11-16(12-22)24-17-8-13(10-19)6-7-20-17/h3-9,16H,11-12H2,1-2H3. The second-order valence-corrected chi connectivity index (χ2v) is 5.89. The van der Waals surface area contributed by atoms with E-state index in [9.17, 15) is 4.79 Å². The van der Waals surface area contributed by atoms with Gasteiger partial charge in [-0.05, 0) is 24.3 Å². The zero-order chi connectivity index (χ0) is 17.1. The van der Waals surface area contributed by atoms with Gasteiger partial charge in [0.25, 0.3) is 5.91 Å². The van der Waals surface area contributed by atoms with Crippen LogP contribution in [0.1, 0.15) is 15.9 Å². The molecule has 24 heavy (non-hydrogen) atoms. The summed E-state index contributed by atoms with van der Waals surface area (Å²) in [6.07, 6.45) is 1.45. The number of hydrogen-bond acceptors (Lipinski definition) is 5. The van der Waals surface area contributed by atoms with Crippen molar-refractivity contribution < 1.29 is 9.53 Å². The molecule has 1 aliphatic heterocycles. The van der Waals surface area contributed by atoms with E-state index in [1.165, 1.54) is 0 Å². The number of aromatic nitrogens is 1. The van der Waals surface area contributed by atoms with Crippen molar-refractivity contribution in [1.82, 2.24) is 9.88 Å². The number of ether oxygens (including phenoxy) is 1. The molecule has 0 spiro atoms. The minimum Gasteiger partial charge on any atom is -0.471 e. The monoisotopic (exact) mass is 322 g/mol. The molecule has 0 N–H and O–H groups in total. The quantitative estimate of drug-likeness (QED) is 0.860. The second-order valence-electron chi connectivity index (χ2n) is 5.89. The molecule has 1 fully saturated rings. The molecular formula is C18H18N4O2. The molecule has 122 valence electrons. The zero-order valence-electron chi connectivity index (χ0n) is 13.6. The highest BCUT2D eigenvalue weighted by Gasteiger charge is 2.33. The summed E-state index contributed by atoms with van der Waals surface area (Å²) in [5.41, 5.74) is 2.17. The van der Waals surface area contributed by atoms with Crippen molar-refractivity contribution in [3.8, 4) is 11.9 Å². The van der Waals surface area contributed by atoms with Crippen molar-refractivity contribution in [1.29, 1.82) is 5.26 Å². The molecule has 2 heterocycles. The van der Waals surface area contributed by atoms with E-state index in [2.05, 4.69) is 11.1 Å². The maximum atomic E-state index is 12.5. The number of nitrogens with zero attached hydrogens (tertiary/aromatic N) is 4. The normalized spacial score (nSPS) is 13.8. The Labute approximate surface area is 140 Å². The maximum Gasteiger partial charge on any atom is 0.254 e. The third-order valence-corrected chi connectivity index (χ3v) is 3.90. The molecule has 1 aliphatic rings. The van der Waals surface area contributed by atoms with Crippen molar-refractivity contribution in [2.75, 3.05) is 32.1 Å². The number of rotatable bonds is 4. The molecule has 2 aromatic rings. The molecule has 0 saturated carbocycles. The molecule has 0 unspecified atom stereocenters. The summed E-state index contributed by atoms with van der Waals surface area (Å²) in [6, 6.07) is 12.8. The lowest BCUT2D eigenvalue weighted by Crippen LogP contribution is -2.56. The van der Waals surface area contributed by atoms with Crippen LogP contribution in [-0.4, -0.2) is 49.1 Å². The van der Waals surface area contributed by atoms with Crippen molar-refractivity contribution in [2.24, 2.45) is 0 Å². The van der Waals surface area contributed by atoms with E-state index in [1.807, 2.05) is 43.3 Å². The number of carbonyl (C=O) groups is 1. The summed E-state index contributed by atoms with van der Waals surface area (Å²) < 4.78 is 5.71. The average Bonchev–Trinajstić information content (AvgIpc) is 2.57. The molecule has 1 amide bonds. The second kappa shape index (κ2) is 6.59. The van der Waals surface area contributed by atoms with E-state index < -0.39 is 0 Å². The number of benzene rings is 1. The van der Waals surface area contributed by atoms with Crippen LogP contribution in [0.4, 0.5) is 5.69 Å². The van der Waals surface area contributed by atoms with E-state index in [1.54, 1.807) is 23.2 Å². The highest BCUT2D eigenvalue weighted by atomic mass is 16.5. The SMILES string of the molecule is CN(C)c1cccc(C(=O)N2CC(Oc3cc(C#N)ccn3)C2)c1. The maximum absolute atomic E-state index is 12.5. The Hall–Kier alpha value is -3.07. The minimum atomic E-state index is -0.0903. The van der Waals surface area contributed by atoms with Crippen LogP contribution in [0.2, 0.25) is 0 Å². The van der Waals surface area contributed by atoms with Crippen LogP contribution in [0.15, 0.2) is 42.6 Å². The molecule has 0 bridgehead atoms. The number of hydrogen-bond donors (Lipinski definition) is 0. The van der Waals surface area contributed by atoms with Crippen LogP contribution in [0.3, 0.4) is 0 Å². The molecule has 1 aromatic heterocycles. The number of nitriles is 1. The van der Waals surface area contributed by atoms with Gasteiger partial charge in [0.15, 0.2) is 0 Å². The van der Waals surface area contributed by atoms with Gasteiger partial charge in [0, 0.05) is 37.6 Å². The lowest BCUT2D eigenvalue weighted by molar-refractivity contribution is 0.0160. The number of anilines is 1. The van der Waals surface area contributed by atoms with E-state index in [4.69, 9.17) is 10.00 Å². The van der Waals surface area contributed by atoms with E-state index in [0.717, 1.165) is 5.69 Å². The van der Waals surface area contributed by atoms with Crippen molar-refractivity contribution >= 4 is 11.6 Å². The van der Waals surface area contributed by atoms with E-state index in [-0.39, 0.29) is 12.0 Å². The molecule has 0 atom stereocenters. The number of pyridine rings is 1. The van der Waals surface area contributed by atoms with Gasteiger partial charge in [-0.3, -0.25) is 4.79 Å². The van der Waals surface area contributed by atoms with Crippen LogP contribution in [0.5, 0.6) is 5.88 Å². The number of carbonyl (C=O) groups excluding carboxylic acids is 1. The Morgan fingerprint density at radius 1 is 1.33 bits per heavy atom. The predicted octanol–water partition coefficient (Wildman–Crippen LogP) is 1.92. The summed E-state index contributed by atoms with van der Waals surface area (Å²) in [6.45, 7) is 1.03. The third-order valence-electron chi connectivity index (χ3n) is 3.90. The van der Waals surface area contributed by atoms with Crippen LogP contribution >= 0.6 is 0 Å². The molecule has 6 heteroatoms. The average molecular weight is 322 g/mol. The Kier molecular flexibility index (Phi) is 4.34. The van der Waals surface area contributed by atoms with Gasteiger partial charge in [0.05, 0.1) is 24.7 Å². The summed E-state index contributed by atoms with van der Waals surface area (Å²) in [5, 5.41) is 8.88. The third kappa shape index (κ3) is 3.30. The molecule has 1 saturated heterocycles. The van der Waals surface area contributed by atoms with E-state index >= 15 is 0 Å². The van der Waals surface area contributed by atoms with Crippen LogP contribution < -0.4 is 9.64 Å². The first-order valence-corrected chi connectivity index (χ1v) is 7.66. The van der Waals surface area contributed by atoms with Gasteiger partial charge in [0.2, 0.25) is 5.88 Å². The van der Waals surface area contributed by atoms with Gasteiger partial charge >= 0.3 is 0 Å². The molecule has 0 aliphatic carbocycles. The lowest BCUT2D eigenvalue weighted by Gasteiger charge is -2.38. The highest BCUT2D eigenvalue weighted by molar-refractivity contribution is 5.95. The lowest BCUT2D eigenvalue weighted by atomic mass is 10.1. The fourth-order valence-corrected chi connectivity index (χ4v) is 2.49. The molecule has 3 rings (SSSR count). The van der Waals surface area contributed by atoms with Gasteiger partial charge in [-0.25, -0.2) is 4.98 Å². The summed E-state index contributed by atoms with van der Waals surface area (Å²) >= 11 is 0. The summed E-state index contributed by atoms with van der Waals surface area (Å²) in [5.74, 6) is 0.415. The Morgan fingerprint density at radius 3 is 2.83 bits per heavy atom. The van der Waals surface area contributed by atoms with Gasteiger partial charge in [-0.1, -0.05) is 6.07 Å². The number of likely N-dealkylation sites (tertiary alicyclic amines) is 1. The molecule has 6 nitrogen and oxygen atoms in total. The highest BCUT2D eigenvalue weighted by Crippen LogP contribution is 2.21. The fourth-order valence-electron chi connectivity index (χ4n) is 2.49. The summed E-state index contributed by atoms with van der Waals surface area (Å²) in [7, 11) is 3.89. The first kappa shape index (κ1) is 15.8. The Morgan fingerprint density at radius 2 is 2.12 bits per heavy atom. The fraction of sp³-hybridized carbons (Fsp3) is 0.278. The topological polar surface area (TPSA) is 69.5 Å². The Bertz CT molecular complexity index is 792. The molecule has 0 radical (unpaired) electrons. The van der Waals surface area contributed by atoms with Crippen molar-refractivity contribution in [3.05, 3.63) is 53.7 Å². The summed E-state index contributed by atoms with van der Waals surface area (Å²) in [4.78, 5) is 20.3. The van der Waals surface area contributed by atoms with Crippen molar-refractivity contribution in [2.45, 2.75) is 6.10 Å². The van der Waals surface area contributed by atoms with Gasteiger partial charge in [-0.2, -0.15) is 5.26 Å². The molecular weight excluding hydrogens is 304 g/mol. The first-order chi connectivity index (χ1) is 11.6. The Balaban J connectivity index is 1.59. The van der Waals surface area contributed by atoms with Gasteiger partial charge in [-0.15, -0.1) is 0 Å². The zero-order valence-corrected chi connectivity index (χ0v) is 13.6. The smallest absolute Gasteiger partial charge is 0.254 e. The van der Waals surface area contributed by atoms with E-state index in [0.29, 0.717) is 30.1 Å². The van der Waals surface area contributed by atoms with Gasteiger partial charge < -0.3 is 14.5 Å². The predicted molar refractivity (Wildman–Crippen MR) is 90.0 cm³/mol. The van der Waals surface area contributed by atoms with Crippen LogP contribution in [-0.2, 0) is 0 Å². The van der Waals surface area contributed by atoms with Crippen LogP contribution in [0.25, 0.3) is 0 Å². The molecule has 1 aromatic carbocycles. The van der Waals surface area contributed by atoms with Gasteiger partial charge in [0.1, 0.15) is 6.10 Å². The van der Waals surface area contributed by atoms with Crippen molar-refractivity contribution in [3.63, 3.8) is 0 Å². The minimum absolute atomic E-state index is 0.00251. The number of amides is 1.